The van der Waals surface area contributed by atoms with E-state index in [4.69, 9.17) is 4.74 Å². The molecule has 0 N–H and O–H groups in total. The Bertz CT molecular complexity index is 409. The van der Waals surface area contributed by atoms with E-state index < -0.39 is 13.0 Å². The molecule has 0 aromatic heterocycles. The van der Waals surface area contributed by atoms with E-state index in [1.54, 1.807) is 6.07 Å². The van der Waals surface area contributed by atoms with E-state index in [2.05, 4.69) is 25.8 Å². The topological polar surface area (TPSA) is 12.5 Å². The van der Waals surface area contributed by atoms with Crippen molar-refractivity contribution in [3.8, 4) is 5.75 Å². The molecular weight excluding hydrogens is 260 g/mol. The number of nitrogens with zero attached hydrogens (tertiary/aromatic N) is 1. The van der Waals surface area contributed by atoms with Gasteiger partial charge in [-0.2, -0.15) is 0 Å². The van der Waals surface area contributed by atoms with E-state index >= 15 is 0 Å². The van der Waals surface area contributed by atoms with Crippen LogP contribution in [0, 0.1) is 6.92 Å². The number of hydrogen-bond donors (Lipinski definition) is 0. The summed E-state index contributed by atoms with van der Waals surface area (Å²) in [5.41, 5.74) is 2.18. The largest absolute Gasteiger partial charge is 0.488 e. The minimum Gasteiger partial charge on any atom is -0.488 e. The number of ether oxygens (including phenoxy) is 1. The van der Waals surface area contributed by atoms with E-state index in [0.29, 0.717) is 11.8 Å². The normalized spacial score (nSPS) is 12.6. The predicted molar refractivity (Wildman–Crippen MR) is 80.1 cm³/mol. The highest BCUT2D eigenvalue weighted by Gasteiger charge is 2.14. The van der Waals surface area contributed by atoms with Gasteiger partial charge in [0.1, 0.15) is 12.4 Å². The highest BCUT2D eigenvalue weighted by atomic mass is 19.3. The lowest BCUT2D eigenvalue weighted by Crippen LogP contribution is -2.31. The Balaban J connectivity index is 2.80. The highest BCUT2D eigenvalue weighted by molar-refractivity contribution is 5.56. The zero-order valence-corrected chi connectivity index (χ0v) is 12.8. The summed E-state index contributed by atoms with van der Waals surface area (Å²) >= 11 is 0. The average Bonchev–Trinajstić information content (AvgIpc) is 2.42. The molecule has 0 bridgehead atoms. The SMILES string of the molecule is CCCC(CC)N(C)c1ccc(OCC(F)F)cc1C. The van der Waals surface area contributed by atoms with Crippen LogP contribution in [-0.2, 0) is 0 Å². The molecule has 4 heteroatoms. The fraction of sp³-hybridized carbons (Fsp3) is 0.625. The first kappa shape index (κ1) is 16.7. The maximum absolute atomic E-state index is 12.1. The van der Waals surface area contributed by atoms with Crippen molar-refractivity contribution < 1.29 is 13.5 Å². The second-order valence-electron chi connectivity index (χ2n) is 5.11. The van der Waals surface area contributed by atoms with Gasteiger partial charge in [0, 0.05) is 18.8 Å². The molecule has 0 spiro atoms. The summed E-state index contributed by atoms with van der Waals surface area (Å²) in [6, 6.07) is 6.05. The Hall–Kier alpha value is -1.32. The van der Waals surface area contributed by atoms with Gasteiger partial charge in [-0.05, 0) is 43.5 Å². The summed E-state index contributed by atoms with van der Waals surface area (Å²) in [5.74, 6) is 0.503. The lowest BCUT2D eigenvalue weighted by atomic mass is 10.1. The average molecular weight is 285 g/mol. The summed E-state index contributed by atoms with van der Waals surface area (Å²) in [6.45, 7) is 5.80. The quantitative estimate of drug-likeness (QED) is 0.689. The number of benzene rings is 1. The number of halogens is 2. The molecule has 0 radical (unpaired) electrons. The summed E-state index contributed by atoms with van der Waals surface area (Å²) in [6.07, 6.45) is 0.952. The zero-order valence-electron chi connectivity index (χ0n) is 12.8. The monoisotopic (exact) mass is 285 g/mol. The first-order valence-electron chi connectivity index (χ1n) is 7.24. The van der Waals surface area contributed by atoms with Gasteiger partial charge in [-0.3, -0.25) is 0 Å². The minimum absolute atomic E-state index is 0.503. The van der Waals surface area contributed by atoms with Gasteiger partial charge in [-0.25, -0.2) is 8.78 Å². The standard InChI is InChI=1S/C16H25F2NO/c1-5-7-13(6-2)19(4)15-9-8-14(10-12(15)3)20-11-16(17)18/h8-10,13,16H,5-7,11H2,1-4H3. The summed E-state index contributed by atoms with van der Waals surface area (Å²) in [7, 11) is 2.09. The van der Waals surface area contributed by atoms with E-state index in [1.165, 1.54) is 0 Å². The number of aryl methyl sites for hydroxylation is 1. The van der Waals surface area contributed by atoms with E-state index in [-0.39, 0.29) is 0 Å². The Morgan fingerprint density at radius 2 is 1.95 bits per heavy atom. The molecule has 1 aromatic rings. The second kappa shape index (κ2) is 8.08. The Morgan fingerprint density at radius 1 is 1.25 bits per heavy atom. The number of anilines is 1. The maximum atomic E-state index is 12.1. The molecule has 0 aliphatic rings. The third kappa shape index (κ3) is 4.66. The molecule has 0 aliphatic heterocycles. The molecule has 0 fully saturated rings. The van der Waals surface area contributed by atoms with Crippen molar-refractivity contribution >= 4 is 5.69 Å². The van der Waals surface area contributed by atoms with Crippen molar-refractivity contribution in [1.82, 2.24) is 0 Å². The van der Waals surface area contributed by atoms with Crippen LogP contribution in [0.1, 0.15) is 38.7 Å². The molecule has 0 aliphatic carbocycles. The summed E-state index contributed by atoms with van der Waals surface area (Å²) < 4.78 is 29.3. The van der Waals surface area contributed by atoms with Gasteiger partial charge in [-0.1, -0.05) is 20.3 Å². The third-order valence-electron chi connectivity index (χ3n) is 3.57. The fourth-order valence-corrected chi connectivity index (χ4v) is 2.47. The van der Waals surface area contributed by atoms with Crippen LogP contribution in [0.25, 0.3) is 0 Å². The van der Waals surface area contributed by atoms with Crippen LogP contribution >= 0.6 is 0 Å². The van der Waals surface area contributed by atoms with Gasteiger partial charge in [0.05, 0.1) is 0 Å². The lowest BCUT2D eigenvalue weighted by Gasteiger charge is -2.30. The van der Waals surface area contributed by atoms with Crippen LogP contribution in [0.3, 0.4) is 0 Å². The lowest BCUT2D eigenvalue weighted by molar-refractivity contribution is 0.0819. The Kier molecular flexibility index (Phi) is 6.76. The predicted octanol–water partition coefficient (Wildman–Crippen LogP) is 4.65. The molecule has 2 nitrogen and oxygen atoms in total. The van der Waals surface area contributed by atoms with E-state index in [1.807, 2.05) is 19.1 Å². The number of rotatable bonds is 8. The number of alkyl halides is 2. The van der Waals surface area contributed by atoms with E-state index in [0.717, 1.165) is 30.5 Å². The van der Waals surface area contributed by atoms with Crippen LogP contribution < -0.4 is 9.64 Å². The first-order chi connectivity index (χ1) is 9.49. The molecule has 1 aromatic carbocycles. The fourth-order valence-electron chi connectivity index (χ4n) is 2.47. The Labute approximate surface area is 120 Å². The molecule has 0 amide bonds. The molecule has 114 valence electrons. The zero-order chi connectivity index (χ0) is 15.1. The number of hydrogen-bond acceptors (Lipinski definition) is 2. The van der Waals surface area contributed by atoms with Gasteiger partial charge >= 0.3 is 0 Å². The van der Waals surface area contributed by atoms with Crippen molar-refractivity contribution in [2.24, 2.45) is 0 Å². The van der Waals surface area contributed by atoms with Crippen molar-refractivity contribution in [3.63, 3.8) is 0 Å². The Morgan fingerprint density at radius 3 is 2.45 bits per heavy atom. The molecule has 1 rings (SSSR count). The summed E-state index contributed by atoms with van der Waals surface area (Å²) in [4.78, 5) is 2.27. The van der Waals surface area contributed by atoms with Crippen molar-refractivity contribution in [1.29, 1.82) is 0 Å². The molecule has 0 saturated heterocycles. The maximum Gasteiger partial charge on any atom is 0.272 e. The van der Waals surface area contributed by atoms with Crippen LogP contribution in [-0.4, -0.2) is 26.1 Å². The highest BCUT2D eigenvalue weighted by Crippen LogP contribution is 2.27. The van der Waals surface area contributed by atoms with Crippen LogP contribution in [0.15, 0.2) is 18.2 Å². The smallest absolute Gasteiger partial charge is 0.272 e. The molecule has 1 atom stereocenters. The van der Waals surface area contributed by atoms with Gasteiger partial charge in [0.25, 0.3) is 6.43 Å². The second-order valence-corrected chi connectivity index (χ2v) is 5.11. The van der Waals surface area contributed by atoms with Gasteiger partial charge in [0.15, 0.2) is 0 Å². The molecule has 0 heterocycles. The van der Waals surface area contributed by atoms with E-state index in [9.17, 15) is 8.78 Å². The molecular formula is C16H25F2NO. The van der Waals surface area contributed by atoms with Crippen LogP contribution in [0.4, 0.5) is 14.5 Å². The van der Waals surface area contributed by atoms with Crippen LogP contribution in [0.5, 0.6) is 5.75 Å². The minimum atomic E-state index is -2.44. The summed E-state index contributed by atoms with van der Waals surface area (Å²) in [5, 5.41) is 0. The van der Waals surface area contributed by atoms with Crippen molar-refractivity contribution in [3.05, 3.63) is 23.8 Å². The van der Waals surface area contributed by atoms with Crippen LogP contribution in [0.2, 0.25) is 0 Å². The third-order valence-corrected chi connectivity index (χ3v) is 3.57. The molecule has 20 heavy (non-hydrogen) atoms. The van der Waals surface area contributed by atoms with Gasteiger partial charge in [-0.15, -0.1) is 0 Å². The van der Waals surface area contributed by atoms with Crippen molar-refractivity contribution in [2.45, 2.75) is 52.5 Å². The first-order valence-corrected chi connectivity index (χ1v) is 7.24. The van der Waals surface area contributed by atoms with Gasteiger partial charge < -0.3 is 9.64 Å². The molecule has 1 unspecified atom stereocenters. The van der Waals surface area contributed by atoms with Crippen molar-refractivity contribution in [2.75, 3.05) is 18.6 Å². The molecule has 0 saturated carbocycles. The van der Waals surface area contributed by atoms with Gasteiger partial charge in [0.2, 0.25) is 0 Å².